The minimum absolute atomic E-state index is 0.0161. The van der Waals surface area contributed by atoms with Crippen LogP contribution >= 0.6 is 23.2 Å². The fourth-order valence-corrected chi connectivity index (χ4v) is 2.50. The van der Waals surface area contributed by atoms with Gasteiger partial charge in [-0.25, -0.2) is 9.37 Å². The Kier molecular flexibility index (Phi) is 3.07. The van der Waals surface area contributed by atoms with Crippen LogP contribution in [0, 0.1) is 12.7 Å². The maximum atomic E-state index is 13.5. The highest BCUT2D eigenvalue weighted by Gasteiger charge is 2.15. The normalized spacial score (nSPS) is 11.2. The maximum Gasteiger partial charge on any atom is 0.205 e. The molecule has 20 heavy (non-hydrogen) atoms. The van der Waals surface area contributed by atoms with E-state index < -0.39 is 5.82 Å². The van der Waals surface area contributed by atoms with Gasteiger partial charge in [0.05, 0.1) is 26.8 Å². The third-order valence-electron chi connectivity index (χ3n) is 3.07. The molecule has 0 aliphatic heterocycles. The van der Waals surface area contributed by atoms with Gasteiger partial charge in [0, 0.05) is 6.07 Å². The summed E-state index contributed by atoms with van der Waals surface area (Å²) in [4.78, 5) is 4.15. The van der Waals surface area contributed by atoms with Crippen molar-refractivity contribution in [2.24, 2.45) is 0 Å². The van der Waals surface area contributed by atoms with Gasteiger partial charge in [0.1, 0.15) is 5.82 Å². The molecule has 0 atom stereocenters. The average Bonchev–Trinajstić information content (AvgIpc) is 2.69. The number of rotatable bonds is 1. The minimum atomic E-state index is -0.529. The molecule has 2 N–H and O–H groups in total. The van der Waals surface area contributed by atoms with E-state index in [1.807, 2.05) is 19.1 Å². The third kappa shape index (κ3) is 2.01. The summed E-state index contributed by atoms with van der Waals surface area (Å²) in [7, 11) is 0. The lowest BCUT2D eigenvalue weighted by Gasteiger charge is -2.10. The molecule has 0 amide bonds. The SMILES string of the molecule is Cc1ccc(Cl)c(-n2c(N)nc3cc(F)c(Cl)cc32)c1. The number of nitrogens with zero attached hydrogens (tertiary/aromatic N) is 2. The standard InChI is InChI=1S/C14H10Cl2FN3/c1-7-2-3-8(15)12(4-7)20-13-5-9(16)10(17)6-11(13)19-14(20)18/h2-6H,1H3,(H2,18,19). The van der Waals surface area contributed by atoms with Crippen molar-refractivity contribution in [3.63, 3.8) is 0 Å². The molecule has 3 nitrogen and oxygen atoms in total. The van der Waals surface area contributed by atoms with Crippen LogP contribution in [0.4, 0.5) is 10.3 Å². The molecule has 0 aliphatic carbocycles. The van der Waals surface area contributed by atoms with Gasteiger partial charge < -0.3 is 5.73 Å². The molecule has 0 radical (unpaired) electrons. The molecule has 0 saturated carbocycles. The number of nitrogen functional groups attached to an aromatic ring is 1. The number of aromatic nitrogens is 2. The molecule has 0 saturated heterocycles. The molecule has 0 fully saturated rings. The van der Waals surface area contributed by atoms with Crippen LogP contribution in [0.25, 0.3) is 16.7 Å². The van der Waals surface area contributed by atoms with E-state index in [2.05, 4.69) is 4.98 Å². The summed E-state index contributed by atoms with van der Waals surface area (Å²) in [6.45, 7) is 1.95. The third-order valence-corrected chi connectivity index (χ3v) is 3.67. The van der Waals surface area contributed by atoms with Crippen molar-refractivity contribution in [3.8, 4) is 5.69 Å². The highest BCUT2D eigenvalue weighted by molar-refractivity contribution is 6.32. The minimum Gasteiger partial charge on any atom is -0.369 e. The molecule has 0 unspecified atom stereocenters. The zero-order valence-electron chi connectivity index (χ0n) is 10.5. The molecule has 102 valence electrons. The van der Waals surface area contributed by atoms with Crippen LogP contribution in [-0.4, -0.2) is 9.55 Å². The average molecular weight is 310 g/mol. The number of hydrogen-bond acceptors (Lipinski definition) is 2. The van der Waals surface area contributed by atoms with Gasteiger partial charge in [0.25, 0.3) is 0 Å². The summed E-state index contributed by atoms with van der Waals surface area (Å²) < 4.78 is 15.2. The van der Waals surface area contributed by atoms with Crippen LogP contribution in [0.15, 0.2) is 30.3 Å². The van der Waals surface area contributed by atoms with Crippen LogP contribution in [0.5, 0.6) is 0 Å². The Morgan fingerprint density at radius 3 is 2.65 bits per heavy atom. The number of fused-ring (bicyclic) bond motifs is 1. The zero-order valence-corrected chi connectivity index (χ0v) is 12.0. The summed E-state index contributed by atoms with van der Waals surface area (Å²) in [5.74, 6) is -0.298. The van der Waals surface area contributed by atoms with Gasteiger partial charge >= 0.3 is 0 Å². The Hall–Kier alpha value is -1.78. The number of halogens is 3. The largest absolute Gasteiger partial charge is 0.369 e. The van der Waals surface area contributed by atoms with Gasteiger partial charge in [0.2, 0.25) is 5.95 Å². The van der Waals surface area contributed by atoms with E-state index in [-0.39, 0.29) is 11.0 Å². The Balaban J connectivity index is 2.38. The number of nitrogens with two attached hydrogens (primary N) is 1. The smallest absolute Gasteiger partial charge is 0.205 e. The van der Waals surface area contributed by atoms with Crippen molar-refractivity contribution < 1.29 is 4.39 Å². The van der Waals surface area contributed by atoms with Crippen molar-refractivity contribution >= 4 is 40.2 Å². The Bertz CT molecular complexity index is 827. The lowest BCUT2D eigenvalue weighted by molar-refractivity contribution is 0.630. The summed E-state index contributed by atoms with van der Waals surface area (Å²) >= 11 is 12.1. The Morgan fingerprint density at radius 2 is 1.90 bits per heavy atom. The second-order valence-corrected chi connectivity index (χ2v) is 5.33. The summed E-state index contributed by atoms with van der Waals surface area (Å²) in [5.41, 5.74) is 8.69. The molecule has 3 rings (SSSR count). The van der Waals surface area contributed by atoms with Gasteiger partial charge in [0.15, 0.2) is 0 Å². The van der Waals surface area contributed by atoms with E-state index in [9.17, 15) is 4.39 Å². The topological polar surface area (TPSA) is 43.8 Å². The van der Waals surface area contributed by atoms with E-state index in [0.717, 1.165) is 5.56 Å². The van der Waals surface area contributed by atoms with Gasteiger partial charge in [-0.3, -0.25) is 4.57 Å². The molecule has 1 heterocycles. The Morgan fingerprint density at radius 1 is 1.15 bits per heavy atom. The van der Waals surface area contributed by atoms with E-state index >= 15 is 0 Å². The molecule has 0 aliphatic rings. The van der Waals surface area contributed by atoms with Crippen LogP contribution in [-0.2, 0) is 0 Å². The first-order valence-corrected chi connectivity index (χ1v) is 6.62. The predicted octanol–water partition coefficient (Wildman–Crippen LogP) is 4.36. The van der Waals surface area contributed by atoms with Crippen LogP contribution < -0.4 is 5.73 Å². The van der Waals surface area contributed by atoms with Crippen molar-refractivity contribution in [2.75, 3.05) is 5.73 Å². The van der Waals surface area contributed by atoms with E-state index in [1.165, 1.54) is 12.1 Å². The highest BCUT2D eigenvalue weighted by Crippen LogP contribution is 2.31. The first-order valence-electron chi connectivity index (χ1n) is 5.87. The first-order chi connectivity index (χ1) is 9.47. The molecule has 0 bridgehead atoms. The fourth-order valence-electron chi connectivity index (χ4n) is 2.14. The number of anilines is 1. The van der Waals surface area contributed by atoms with Crippen LogP contribution in [0.3, 0.4) is 0 Å². The zero-order chi connectivity index (χ0) is 14.4. The lowest BCUT2D eigenvalue weighted by Crippen LogP contribution is -2.01. The van der Waals surface area contributed by atoms with Crippen molar-refractivity contribution in [2.45, 2.75) is 6.92 Å². The summed E-state index contributed by atoms with van der Waals surface area (Å²) in [6.07, 6.45) is 0. The molecule has 2 aromatic carbocycles. The Labute approximate surface area is 124 Å². The molecule has 1 aromatic heterocycles. The number of imidazole rings is 1. The highest BCUT2D eigenvalue weighted by atomic mass is 35.5. The quantitative estimate of drug-likeness (QED) is 0.725. The number of benzene rings is 2. The van der Waals surface area contributed by atoms with E-state index in [1.54, 1.807) is 10.6 Å². The second-order valence-electron chi connectivity index (χ2n) is 4.52. The lowest BCUT2D eigenvalue weighted by atomic mass is 10.2. The van der Waals surface area contributed by atoms with E-state index in [0.29, 0.717) is 21.7 Å². The molecule has 0 spiro atoms. The van der Waals surface area contributed by atoms with E-state index in [4.69, 9.17) is 28.9 Å². The summed E-state index contributed by atoms with van der Waals surface area (Å²) in [5, 5.41) is 0.546. The molecule has 3 aromatic rings. The number of aryl methyl sites for hydroxylation is 1. The van der Waals surface area contributed by atoms with Crippen molar-refractivity contribution in [3.05, 3.63) is 51.8 Å². The monoisotopic (exact) mass is 309 g/mol. The maximum absolute atomic E-state index is 13.5. The second kappa shape index (κ2) is 4.65. The van der Waals surface area contributed by atoms with Gasteiger partial charge in [-0.2, -0.15) is 0 Å². The molecule has 6 heteroatoms. The van der Waals surface area contributed by atoms with Gasteiger partial charge in [-0.1, -0.05) is 29.3 Å². The van der Waals surface area contributed by atoms with Crippen molar-refractivity contribution in [1.82, 2.24) is 9.55 Å². The van der Waals surface area contributed by atoms with Crippen molar-refractivity contribution in [1.29, 1.82) is 0 Å². The van der Waals surface area contributed by atoms with Crippen LogP contribution in [0.2, 0.25) is 10.0 Å². The predicted molar refractivity (Wildman–Crippen MR) is 80.2 cm³/mol. The first kappa shape index (κ1) is 13.2. The fraction of sp³-hybridized carbons (Fsp3) is 0.0714. The van der Waals surface area contributed by atoms with Gasteiger partial charge in [-0.05, 0) is 30.7 Å². The summed E-state index contributed by atoms with van der Waals surface area (Å²) in [6, 6.07) is 8.32. The number of hydrogen-bond donors (Lipinski definition) is 1. The molecular formula is C14H10Cl2FN3. The molecular weight excluding hydrogens is 300 g/mol. The van der Waals surface area contributed by atoms with Crippen LogP contribution in [0.1, 0.15) is 5.56 Å². The van der Waals surface area contributed by atoms with Gasteiger partial charge in [-0.15, -0.1) is 0 Å².